The van der Waals surface area contributed by atoms with E-state index in [0.29, 0.717) is 0 Å². The van der Waals surface area contributed by atoms with Crippen LogP contribution in [0.15, 0.2) is 60.7 Å². The second kappa shape index (κ2) is 5.93. The SMILES string of the molecule is CC[Si](NC=S)(c1ccccc1)c1ccccc1. The van der Waals surface area contributed by atoms with E-state index in [-0.39, 0.29) is 0 Å². The molecular weight excluding hydrogens is 254 g/mol. The maximum absolute atomic E-state index is 5.07. The van der Waals surface area contributed by atoms with Gasteiger partial charge in [0, 0.05) is 0 Å². The van der Waals surface area contributed by atoms with Gasteiger partial charge in [0.15, 0.2) is 0 Å². The third kappa shape index (κ3) is 2.37. The average molecular weight is 271 g/mol. The van der Waals surface area contributed by atoms with E-state index in [1.807, 2.05) is 0 Å². The molecule has 0 heterocycles. The van der Waals surface area contributed by atoms with Gasteiger partial charge < -0.3 is 4.98 Å². The number of benzene rings is 2. The quantitative estimate of drug-likeness (QED) is 0.661. The zero-order valence-electron chi connectivity index (χ0n) is 10.5. The van der Waals surface area contributed by atoms with Crippen molar-refractivity contribution in [3.8, 4) is 0 Å². The molecule has 0 aromatic heterocycles. The Labute approximate surface area is 115 Å². The lowest BCUT2D eigenvalue weighted by Crippen LogP contribution is -2.67. The minimum Gasteiger partial charge on any atom is -0.400 e. The lowest BCUT2D eigenvalue weighted by molar-refractivity contribution is 1.30. The number of hydrogen-bond acceptors (Lipinski definition) is 1. The average Bonchev–Trinajstić information content (AvgIpc) is 2.47. The molecule has 0 saturated carbocycles. The number of nitrogens with one attached hydrogen (secondary N) is 1. The highest BCUT2D eigenvalue weighted by Crippen LogP contribution is 2.07. The third-order valence-electron chi connectivity index (χ3n) is 3.37. The van der Waals surface area contributed by atoms with Crippen LogP contribution >= 0.6 is 12.2 Å². The monoisotopic (exact) mass is 271 g/mol. The molecule has 0 saturated heterocycles. The van der Waals surface area contributed by atoms with Crippen LogP contribution in [0.5, 0.6) is 0 Å². The fraction of sp³-hybridized carbons (Fsp3) is 0.133. The van der Waals surface area contributed by atoms with Crippen molar-refractivity contribution >= 4 is 36.3 Å². The molecule has 0 radical (unpaired) electrons. The first-order chi connectivity index (χ1) is 8.83. The van der Waals surface area contributed by atoms with Crippen LogP contribution in [-0.2, 0) is 0 Å². The molecule has 0 aliphatic rings. The second-order valence-electron chi connectivity index (χ2n) is 4.25. The van der Waals surface area contributed by atoms with Crippen molar-refractivity contribution < 1.29 is 0 Å². The Morgan fingerprint density at radius 1 is 0.944 bits per heavy atom. The van der Waals surface area contributed by atoms with E-state index in [9.17, 15) is 0 Å². The van der Waals surface area contributed by atoms with E-state index >= 15 is 0 Å². The minimum atomic E-state index is -1.93. The van der Waals surface area contributed by atoms with Gasteiger partial charge in [-0.25, -0.2) is 0 Å². The molecule has 1 N–H and O–H groups in total. The first kappa shape index (κ1) is 13.0. The maximum atomic E-state index is 5.07. The van der Waals surface area contributed by atoms with Gasteiger partial charge in [-0.05, 0) is 16.4 Å². The lowest BCUT2D eigenvalue weighted by atomic mass is 10.4. The van der Waals surface area contributed by atoms with Crippen LogP contribution < -0.4 is 15.4 Å². The van der Waals surface area contributed by atoms with E-state index in [1.54, 1.807) is 5.49 Å². The highest BCUT2D eigenvalue weighted by molar-refractivity contribution is 7.79. The zero-order chi connectivity index (χ0) is 12.8. The largest absolute Gasteiger partial charge is 0.400 e. The van der Waals surface area contributed by atoms with Gasteiger partial charge >= 0.3 is 0 Å². The highest BCUT2D eigenvalue weighted by atomic mass is 32.1. The molecule has 3 heteroatoms. The molecule has 2 rings (SSSR count). The topological polar surface area (TPSA) is 12.0 Å². The summed E-state index contributed by atoms with van der Waals surface area (Å²) in [7, 11) is -1.93. The Morgan fingerprint density at radius 2 is 1.39 bits per heavy atom. The molecule has 2 aromatic rings. The standard InChI is InChI=1S/C15H17NSSi/c1-2-18(16-13-17,14-9-5-3-6-10-14)15-11-7-4-8-12-15/h3-13H,2H2,1H3,(H,16,17). The Hall–Kier alpha value is -1.45. The Morgan fingerprint density at radius 3 is 1.72 bits per heavy atom. The normalized spacial score (nSPS) is 10.9. The number of thiocarbonyl (C=S) groups is 1. The molecule has 0 atom stereocenters. The van der Waals surface area contributed by atoms with E-state index < -0.39 is 8.24 Å². The molecule has 0 unspecified atom stereocenters. The van der Waals surface area contributed by atoms with E-state index in [1.165, 1.54) is 10.4 Å². The predicted octanol–water partition coefficient (Wildman–Crippen LogP) is 2.31. The molecule has 0 bridgehead atoms. The van der Waals surface area contributed by atoms with Gasteiger partial charge in [0.25, 0.3) is 0 Å². The summed E-state index contributed by atoms with van der Waals surface area (Å²) < 4.78 is 0. The molecular formula is C15H17NSSi. The van der Waals surface area contributed by atoms with Crippen molar-refractivity contribution in [2.45, 2.75) is 13.0 Å². The fourth-order valence-corrected chi connectivity index (χ4v) is 6.40. The maximum Gasteiger partial charge on any atom is 0.217 e. The fourth-order valence-electron chi connectivity index (χ4n) is 2.39. The summed E-state index contributed by atoms with van der Waals surface area (Å²) >= 11 is 5.07. The van der Waals surface area contributed by atoms with Crippen molar-refractivity contribution in [2.24, 2.45) is 0 Å². The molecule has 18 heavy (non-hydrogen) atoms. The summed E-state index contributed by atoms with van der Waals surface area (Å²) in [6, 6.07) is 22.4. The van der Waals surface area contributed by atoms with E-state index in [2.05, 4.69) is 72.6 Å². The molecule has 92 valence electrons. The Kier molecular flexibility index (Phi) is 4.28. The molecule has 0 spiro atoms. The summed E-state index contributed by atoms with van der Waals surface area (Å²) in [4.78, 5) is 3.51. The van der Waals surface area contributed by atoms with Crippen LogP contribution in [0, 0.1) is 0 Å². The summed E-state index contributed by atoms with van der Waals surface area (Å²) in [6.07, 6.45) is 0. The first-order valence-corrected chi connectivity index (χ1v) is 8.83. The van der Waals surface area contributed by atoms with Crippen molar-refractivity contribution in [1.82, 2.24) is 4.98 Å². The number of hydrogen-bond donors (Lipinski definition) is 1. The van der Waals surface area contributed by atoms with Crippen LogP contribution in [0.3, 0.4) is 0 Å². The first-order valence-electron chi connectivity index (χ1n) is 6.16. The van der Waals surface area contributed by atoms with Crippen LogP contribution in [0.25, 0.3) is 0 Å². The van der Waals surface area contributed by atoms with Crippen LogP contribution in [0.1, 0.15) is 6.92 Å². The van der Waals surface area contributed by atoms with Crippen molar-refractivity contribution in [2.75, 3.05) is 0 Å². The molecule has 0 aliphatic heterocycles. The van der Waals surface area contributed by atoms with Gasteiger partial charge in [0.2, 0.25) is 8.24 Å². The van der Waals surface area contributed by atoms with Gasteiger partial charge in [0.1, 0.15) is 0 Å². The summed E-state index contributed by atoms with van der Waals surface area (Å²) in [6.45, 7) is 2.23. The molecule has 0 fully saturated rings. The minimum absolute atomic E-state index is 1.08. The smallest absolute Gasteiger partial charge is 0.217 e. The van der Waals surface area contributed by atoms with Crippen molar-refractivity contribution in [1.29, 1.82) is 0 Å². The van der Waals surface area contributed by atoms with Crippen LogP contribution in [-0.4, -0.2) is 13.7 Å². The number of rotatable bonds is 5. The van der Waals surface area contributed by atoms with Crippen molar-refractivity contribution in [3.05, 3.63) is 60.7 Å². The summed E-state index contributed by atoms with van der Waals surface area (Å²) in [5.41, 5.74) is 1.68. The zero-order valence-corrected chi connectivity index (χ0v) is 12.3. The van der Waals surface area contributed by atoms with Crippen LogP contribution in [0.4, 0.5) is 0 Å². The Balaban J connectivity index is 2.57. The lowest BCUT2D eigenvalue weighted by Gasteiger charge is -2.31. The van der Waals surface area contributed by atoms with Crippen LogP contribution in [0.2, 0.25) is 6.04 Å². The Bertz CT molecular complexity index is 459. The van der Waals surface area contributed by atoms with Gasteiger partial charge in [0.05, 0.1) is 5.49 Å². The van der Waals surface area contributed by atoms with Gasteiger partial charge in [-0.3, -0.25) is 0 Å². The molecule has 0 amide bonds. The van der Waals surface area contributed by atoms with Gasteiger partial charge in [-0.2, -0.15) is 0 Å². The highest BCUT2D eigenvalue weighted by Gasteiger charge is 2.34. The van der Waals surface area contributed by atoms with Gasteiger partial charge in [-0.15, -0.1) is 0 Å². The van der Waals surface area contributed by atoms with E-state index in [0.717, 1.165) is 6.04 Å². The molecule has 0 aliphatic carbocycles. The second-order valence-corrected chi connectivity index (χ2v) is 8.45. The third-order valence-corrected chi connectivity index (χ3v) is 8.03. The van der Waals surface area contributed by atoms with E-state index in [4.69, 9.17) is 12.2 Å². The predicted molar refractivity (Wildman–Crippen MR) is 85.2 cm³/mol. The summed E-state index contributed by atoms with van der Waals surface area (Å²) in [5, 5.41) is 2.75. The molecule has 2 aromatic carbocycles. The molecule has 1 nitrogen and oxygen atoms in total. The van der Waals surface area contributed by atoms with Gasteiger partial charge in [-0.1, -0.05) is 79.8 Å². The van der Waals surface area contributed by atoms with Crippen molar-refractivity contribution in [3.63, 3.8) is 0 Å². The summed E-state index contributed by atoms with van der Waals surface area (Å²) in [5.74, 6) is 0.